The van der Waals surface area contributed by atoms with Gasteiger partial charge in [-0.15, -0.1) is 0 Å². The number of ether oxygens (including phenoxy) is 1. The van der Waals surface area contributed by atoms with Gasteiger partial charge in [-0.25, -0.2) is 4.39 Å². The average Bonchev–Trinajstić information content (AvgIpc) is 3.16. The summed E-state index contributed by atoms with van der Waals surface area (Å²) in [6.07, 6.45) is 1.11. The Balaban J connectivity index is 1.82. The zero-order valence-corrected chi connectivity index (χ0v) is 15.8. The fourth-order valence-electron chi connectivity index (χ4n) is 2.43. The zero-order chi connectivity index (χ0) is 20.3. The molecule has 0 aliphatic heterocycles. The van der Waals surface area contributed by atoms with E-state index in [1.54, 1.807) is 19.1 Å². The molecule has 3 rings (SSSR count). The quantitative estimate of drug-likeness (QED) is 0.585. The van der Waals surface area contributed by atoms with Crippen LogP contribution in [0, 0.1) is 12.7 Å². The van der Waals surface area contributed by atoms with Gasteiger partial charge in [0.15, 0.2) is 5.03 Å². The van der Waals surface area contributed by atoms with Crippen molar-refractivity contribution >= 4 is 27.3 Å². The number of anilines is 2. The summed E-state index contributed by atoms with van der Waals surface area (Å²) < 4.78 is 46.1. The topological polar surface area (TPSA) is 113 Å². The van der Waals surface area contributed by atoms with Crippen LogP contribution >= 0.6 is 0 Å². The highest BCUT2D eigenvalue weighted by Crippen LogP contribution is 2.21. The lowest BCUT2D eigenvalue weighted by molar-refractivity contribution is 0.102. The van der Waals surface area contributed by atoms with Gasteiger partial charge in [0.1, 0.15) is 11.6 Å². The predicted octanol–water partition coefficient (Wildman–Crippen LogP) is 2.92. The maximum Gasteiger partial charge on any atom is 0.279 e. The molecule has 2 aromatic carbocycles. The second-order valence-corrected chi connectivity index (χ2v) is 7.48. The minimum absolute atomic E-state index is 0.178. The summed E-state index contributed by atoms with van der Waals surface area (Å²) in [5.41, 5.74) is 0.787. The molecule has 0 atom stereocenters. The highest BCUT2D eigenvalue weighted by Gasteiger charge is 2.25. The van der Waals surface area contributed by atoms with Crippen LogP contribution in [-0.4, -0.2) is 31.6 Å². The maximum atomic E-state index is 13.4. The first-order chi connectivity index (χ1) is 13.3. The number of aromatic amines is 1. The highest BCUT2D eigenvalue weighted by atomic mass is 32.2. The Hall–Kier alpha value is -3.40. The molecule has 0 bridgehead atoms. The molecule has 8 nitrogen and oxygen atoms in total. The lowest BCUT2D eigenvalue weighted by Crippen LogP contribution is -2.19. The van der Waals surface area contributed by atoms with E-state index in [-0.39, 0.29) is 16.3 Å². The monoisotopic (exact) mass is 404 g/mol. The third kappa shape index (κ3) is 4.12. The predicted molar refractivity (Wildman–Crippen MR) is 101 cm³/mol. The first-order valence-electron chi connectivity index (χ1n) is 8.08. The van der Waals surface area contributed by atoms with Crippen molar-refractivity contribution in [3.05, 3.63) is 65.6 Å². The molecule has 0 fully saturated rings. The molecular formula is C18H17FN4O4S. The Morgan fingerprint density at radius 3 is 2.46 bits per heavy atom. The summed E-state index contributed by atoms with van der Waals surface area (Å²) in [5, 5.41) is 8.14. The molecule has 0 aliphatic carbocycles. The molecule has 1 heterocycles. The van der Waals surface area contributed by atoms with Crippen LogP contribution in [0.1, 0.15) is 15.9 Å². The number of benzene rings is 2. The minimum atomic E-state index is -4.10. The van der Waals surface area contributed by atoms with Crippen LogP contribution in [0.2, 0.25) is 0 Å². The Bertz CT molecular complexity index is 1110. The van der Waals surface area contributed by atoms with Gasteiger partial charge in [0.2, 0.25) is 0 Å². The third-order valence-corrected chi connectivity index (χ3v) is 5.23. The number of halogens is 1. The van der Waals surface area contributed by atoms with Crippen LogP contribution in [0.5, 0.6) is 5.75 Å². The number of hydrogen-bond acceptors (Lipinski definition) is 5. The molecule has 0 saturated heterocycles. The number of nitrogens with one attached hydrogen (secondary N) is 3. The molecule has 3 N–H and O–H groups in total. The second kappa shape index (κ2) is 7.69. The van der Waals surface area contributed by atoms with Crippen molar-refractivity contribution in [2.75, 3.05) is 17.1 Å². The molecule has 1 aromatic heterocycles. The molecule has 146 valence electrons. The number of rotatable bonds is 6. The highest BCUT2D eigenvalue weighted by molar-refractivity contribution is 7.92. The van der Waals surface area contributed by atoms with E-state index >= 15 is 0 Å². The van der Waals surface area contributed by atoms with Crippen LogP contribution in [0.15, 0.2) is 53.7 Å². The first-order valence-corrected chi connectivity index (χ1v) is 9.56. The van der Waals surface area contributed by atoms with Gasteiger partial charge in [-0.2, -0.15) is 13.5 Å². The van der Waals surface area contributed by atoms with Crippen molar-refractivity contribution in [3.8, 4) is 5.75 Å². The van der Waals surface area contributed by atoms with E-state index in [0.717, 1.165) is 6.20 Å². The fraction of sp³-hybridized carbons (Fsp3) is 0.111. The first kappa shape index (κ1) is 19.4. The standard InChI is InChI=1S/C18H17FN4O4S/c1-11-9-13(5-8-16(11)19)21-17(24)15-10-20-22-18(15)28(25,26)23-12-3-6-14(27-2)7-4-12/h3-10,23H,1-2H3,(H,20,22)(H,21,24). The van der Waals surface area contributed by atoms with Gasteiger partial charge in [-0.1, -0.05) is 0 Å². The zero-order valence-electron chi connectivity index (χ0n) is 15.0. The van der Waals surface area contributed by atoms with Gasteiger partial charge in [0, 0.05) is 11.4 Å². The summed E-state index contributed by atoms with van der Waals surface area (Å²) in [6, 6.07) is 10.3. The number of aryl methyl sites for hydroxylation is 1. The van der Waals surface area contributed by atoms with Gasteiger partial charge in [0.05, 0.1) is 18.9 Å². The van der Waals surface area contributed by atoms with Gasteiger partial charge >= 0.3 is 0 Å². The third-order valence-electron chi connectivity index (χ3n) is 3.88. The molecule has 0 aliphatic rings. The number of H-pyrrole nitrogens is 1. The van der Waals surface area contributed by atoms with E-state index in [1.807, 2.05) is 0 Å². The summed E-state index contributed by atoms with van der Waals surface area (Å²) in [7, 11) is -2.60. The van der Waals surface area contributed by atoms with Crippen LogP contribution in [0.4, 0.5) is 15.8 Å². The molecule has 0 spiro atoms. The maximum absolute atomic E-state index is 13.4. The Kier molecular flexibility index (Phi) is 5.32. The molecule has 1 amide bonds. The molecule has 3 aromatic rings. The number of carbonyl (C=O) groups excluding carboxylic acids is 1. The summed E-state index contributed by atoms with van der Waals surface area (Å²) in [5.74, 6) is -0.540. The van der Waals surface area contributed by atoms with Crippen molar-refractivity contribution in [1.82, 2.24) is 10.2 Å². The van der Waals surface area contributed by atoms with Gasteiger partial charge < -0.3 is 10.1 Å². The number of sulfonamides is 1. The number of nitrogens with zero attached hydrogens (tertiary/aromatic N) is 1. The van der Waals surface area contributed by atoms with Gasteiger partial charge in [0.25, 0.3) is 15.9 Å². The molecule has 0 radical (unpaired) electrons. The minimum Gasteiger partial charge on any atom is -0.497 e. The molecule has 0 saturated carbocycles. The van der Waals surface area contributed by atoms with Crippen LogP contribution < -0.4 is 14.8 Å². The van der Waals surface area contributed by atoms with Crippen LogP contribution in [0.3, 0.4) is 0 Å². The molecule has 0 unspecified atom stereocenters. The van der Waals surface area contributed by atoms with Crippen molar-refractivity contribution < 1.29 is 22.3 Å². The SMILES string of the molecule is COc1ccc(NS(=O)(=O)c2[nH]ncc2C(=O)Nc2ccc(F)c(C)c2)cc1. The van der Waals surface area contributed by atoms with Crippen molar-refractivity contribution in [2.45, 2.75) is 11.9 Å². The Morgan fingerprint density at radius 2 is 1.82 bits per heavy atom. The van der Waals surface area contributed by atoms with E-state index in [4.69, 9.17) is 4.74 Å². The van der Waals surface area contributed by atoms with Crippen molar-refractivity contribution in [1.29, 1.82) is 0 Å². The Labute approximate surface area is 160 Å². The van der Waals surface area contributed by atoms with Crippen molar-refractivity contribution in [3.63, 3.8) is 0 Å². The average molecular weight is 404 g/mol. The number of carbonyl (C=O) groups is 1. The normalized spacial score (nSPS) is 11.1. The molecular weight excluding hydrogens is 387 g/mol. The second-order valence-electron chi connectivity index (χ2n) is 5.86. The Morgan fingerprint density at radius 1 is 1.14 bits per heavy atom. The largest absolute Gasteiger partial charge is 0.497 e. The smallest absolute Gasteiger partial charge is 0.279 e. The molecule has 10 heteroatoms. The van der Waals surface area contributed by atoms with E-state index in [2.05, 4.69) is 20.2 Å². The van der Waals surface area contributed by atoms with Crippen molar-refractivity contribution in [2.24, 2.45) is 0 Å². The number of methoxy groups -OCH3 is 1. The van der Waals surface area contributed by atoms with E-state index in [9.17, 15) is 17.6 Å². The van der Waals surface area contributed by atoms with Gasteiger partial charge in [-0.05, 0) is 55.0 Å². The van der Waals surface area contributed by atoms with Gasteiger partial charge in [-0.3, -0.25) is 14.6 Å². The number of amides is 1. The fourth-order valence-corrected chi connectivity index (χ4v) is 3.58. The lowest BCUT2D eigenvalue weighted by atomic mass is 10.2. The number of hydrogen-bond donors (Lipinski definition) is 3. The van der Waals surface area contributed by atoms with Crippen LogP contribution in [0.25, 0.3) is 0 Å². The van der Waals surface area contributed by atoms with Crippen LogP contribution in [-0.2, 0) is 10.0 Å². The molecule has 28 heavy (non-hydrogen) atoms. The number of aromatic nitrogens is 2. The summed E-state index contributed by atoms with van der Waals surface area (Å²) >= 11 is 0. The summed E-state index contributed by atoms with van der Waals surface area (Å²) in [4.78, 5) is 12.5. The van der Waals surface area contributed by atoms with E-state index < -0.39 is 21.7 Å². The summed E-state index contributed by atoms with van der Waals surface area (Å²) in [6.45, 7) is 1.55. The van der Waals surface area contributed by atoms with E-state index in [1.165, 1.54) is 37.4 Å². The lowest BCUT2D eigenvalue weighted by Gasteiger charge is -2.10. The van der Waals surface area contributed by atoms with E-state index in [0.29, 0.717) is 17.0 Å².